The lowest BCUT2D eigenvalue weighted by atomic mass is 9.96. The van der Waals surface area contributed by atoms with Crippen molar-refractivity contribution in [3.63, 3.8) is 0 Å². The summed E-state index contributed by atoms with van der Waals surface area (Å²) in [5.41, 5.74) is 0.275. The summed E-state index contributed by atoms with van der Waals surface area (Å²) in [4.78, 5) is 12.5. The third-order valence-corrected chi connectivity index (χ3v) is 4.70. The van der Waals surface area contributed by atoms with Gasteiger partial charge in [-0.2, -0.15) is 0 Å². The zero-order valence-electron chi connectivity index (χ0n) is 14.8. The first-order valence-corrected chi connectivity index (χ1v) is 8.91. The third kappa shape index (κ3) is 4.58. The number of amides is 1. The summed E-state index contributed by atoms with van der Waals surface area (Å²) in [7, 11) is 1.53. The molecule has 0 bridgehead atoms. The molecule has 2 aromatic rings. The van der Waals surface area contributed by atoms with Crippen LogP contribution in [0.4, 0.5) is 5.69 Å². The van der Waals surface area contributed by atoms with Crippen LogP contribution in [0.5, 0.6) is 5.75 Å². The van der Waals surface area contributed by atoms with Gasteiger partial charge in [0, 0.05) is 10.4 Å². The van der Waals surface area contributed by atoms with Gasteiger partial charge in [-0.3, -0.25) is 4.79 Å². The molecule has 0 spiro atoms. The van der Waals surface area contributed by atoms with Gasteiger partial charge in [-0.05, 0) is 25.1 Å². The molecule has 25 heavy (non-hydrogen) atoms. The van der Waals surface area contributed by atoms with Crippen LogP contribution in [0.3, 0.4) is 0 Å². The molecule has 0 saturated carbocycles. The fourth-order valence-electron chi connectivity index (χ4n) is 2.09. The zero-order valence-corrected chi connectivity index (χ0v) is 16.4. The van der Waals surface area contributed by atoms with Crippen LogP contribution < -0.4 is 15.9 Å². The highest BCUT2D eigenvalue weighted by atomic mass is 35.5. The lowest BCUT2D eigenvalue weighted by Gasteiger charge is -2.17. The van der Waals surface area contributed by atoms with Crippen molar-refractivity contribution in [3.05, 3.63) is 29.0 Å². The second-order valence-electron chi connectivity index (χ2n) is 6.52. The molecule has 1 amide bonds. The van der Waals surface area contributed by atoms with Gasteiger partial charge in [0.2, 0.25) is 11.1 Å². The number of ether oxygens (including phenoxy) is 1. The lowest BCUT2D eigenvalue weighted by Crippen LogP contribution is -2.26. The van der Waals surface area contributed by atoms with Crippen LogP contribution in [0.1, 0.15) is 33.5 Å². The van der Waals surface area contributed by atoms with E-state index in [4.69, 9.17) is 22.2 Å². The predicted octanol–water partition coefficient (Wildman–Crippen LogP) is 3.07. The van der Waals surface area contributed by atoms with Crippen LogP contribution in [-0.2, 0) is 10.2 Å². The van der Waals surface area contributed by atoms with Gasteiger partial charge < -0.3 is 15.9 Å². The number of nitrogens with two attached hydrogens (primary N) is 1. The van der Waals surface area contributed by atoms with Crippen molar-refractivity contribution in [2.75, 3.05) is 18.3 Å². The van der Waals surface area contributed by atoms with E-state index in [1.807, 2.05) is 20.8 Å². The average molecular weight is 384 g/mol. The number of nitrogens with zero attached hydrogens (tertiary/aromatic N) is 3. The Morgan fingerprint density at radius 3 is 2.64 bits per heavy atom. The molecule has 0 aliphatic carbocycles. The SMILES string of the molecule is COc1ccc(Cl)cc1NC(=O)C(C)Sc1nnc(C(C)(C)C)n1N. The molecule has 1 aromatic heterocycles. The summed E-state index contributed by atoms with van der Waals surface area (Å²) < 4.78 is 6.66. The number of nitrogens with one attached hydrogen (secondary N) is 1. The Bertz CT molecular complexity index is 772. The van der Waals surface area contributed by atoms with Crippen molar-refractivity contribution in [1.82, 2.24) is 14.9 Å². The van der Waals surface area contributed by atoms with E-state index in [1.54, 1.807) is 25.1 Å². The quantitative estimate of drug-likeness (QED) is 0.608. The Balaban J connectivity index is 2.12. The maximum atomic E-state index is 12.5. The molecular weight excluding hydrogens is 362 g/mol. The van der Waals surface area contributed by atoms with Gasteiger partial charge in [0.15, 0.2) is 5.82 Å². The largest absolute Gasteiger partial charge is 0.495 e. The summed E-state index contributed by atoms with van der Waals surface area (Å²) >= 11 is 7.21. The lowest BCUT2D eigenvalue weighted by molar-refractivity contribution is -0.115. The van der Waals surface area contributed by atoms with Gasteiger partial charge in [0.05, 0.1) is 18.0 Å². The van der Waals surface area contributed by atoms with Gasteiger partial charge >= 0.3 is 0 Å². The molecule has 2 rings (SSSR count). The number of anilines is 1. The fourth-order valence-corrected chi connectivity index (χ4v) is 3.03. The summed E-state index contributed by atoms with van der Waals surface area (Å²) in [6, 6.07) is 5.03. The van der Waals surface area contributed by atoms with Gasteiger partial charge in [0.1, 0.15) is 5.75 Å². The minimum absolute atomic E-state index is 0.217. The first-order chi connectivity index (χ1) is 11.6. The number of hydrogen-bond donors (Lipinski definition) is 2. The minimum atomic E-state index is -0.442. The average Bonchev–Trinajstić information content (AvgIpc) is 2.88. The van der Waals surface area contributed by atoms with Gasteiger partial charge in [-0.15, -0.1) is 10.2 Å². The molecule has 0 radical (unpaired) electrons. The Morgan fingerprint density at radius 2 is 2.08 bits per heavy atom. The van der Waals surface area contributed by atoms with Crippen LogP contribution in [0.2, 0.25) is 5.02 Å². The number of thioether (sulfide) groups is 1. The molecule has 9 heteroatoms. The minimum Gasteiger partial charge on any atom is -0.495 e. The number of aromatic nitrogens is 3. The zero-order chi connectivity index (χ0) is 18.8. The topological polar surface area (TPSA) is 95.1 Å². The van der Waals surface area contributed by atoms with Crippen molar-refractivity contribution in [1.29, 1.82) is 0 Å². The van der Waals surface area contributed by atoms with Crippen molar-refractivity contribution >= 4 is 35.0 Å². The van der Waals surface area contributed by atoms with E-state index < -0.39 is 5.25 Å². The van der Waals surface area contributed by atoms with Gasteiger partial charge in [0.25, 0.3) is 0 Å². The van der Waals surface area contributed by atoms with E-state index in [9.17, 15) is 4.79 Å². The molecule has 7 nitrogen and oxygen atoms in total. The molecule has 0 saturated heterocycles. The number of benzene rings is 1. The molecule has 0 fully saturated rings. The molecule has 1 atom stereocenters. The Labute approximate surface area is 156 Å². The van der Waals surface area contributed by atoms with E-state index >= 15 is 0 Å². The monoisotopic (exact) mass is 383 g/mol. The predicted molar refractivity (Wildman–Crippen MR) is 101 cm³/mol. The number of methoxy groups -OCH3 is 1. The molecule has 1 unspecified atom stereocenters. The number of hydrogen-bond acceptors (Lipinski definition) is 6. The number of halogens is 1. The Kier molecular flexibility index (Phi) is 5.84. The molecule has 3 N–H and O–H groups in total. The van der Waals surface area contributed by atoms with Crippen molar-refractivity contribution < 1.29 is 9.53 Å². The molecule has 0 aliphatic rings. The number of carbonyl (C=O) groups is 1. The fraction of sp³-hybridized carbons (Fsp3) is 0.438. The van der Waals surface area contributed by atoms with Crippen molar-refractivity contribution in [2.24, 2.45) is 0 Å². The van der Waals surface area contributed by atoms with E-state index in [2.05, 4.69) is 15.5 Å². The van der Waals surface area contributed by atoms with Crippen LogP contribution >= 0.6 is 23.4 Å². The second-order valence-corrected chi connectivity index (χ2v) is 8.26. The van der Waals surface area contributed by atoms with Gasteiger partial charge in [-0.1, -0.05) is 44.1 Å². The number of rotatable bonds is 5. The van der Waals surface area contributed by atoms with Crippen LogP contribution in [0, 0.1) is 0 Å². The van der Waals surface area contributed by atoms with Crippen LogP contribution in [0.15, 0.2) is 23.4 Å². The Hall–Kier alpha value is -1.93. The summed E-state index contributed by atoms with van der Waals surface area (Å²) in [6.45, 7) is 7.76. The van der Waals surface area contributed by atoms with E-state index in [0.717, 1.165) is 0 Å². The molecule has 0 aliphatic heterocycles. The highest BCUT2D eigenvalue weighted by Gasteiger charge is 2.25. The van der Waals surface area contributed by atoms with E-state index in [-0.39, 0.29) is 11.3 Å². The van der Waals surface area contributed by atoms with Crippen molar-refractivity contribution in [3.8, 4) is 5.75 Å². The van der Waals surface area contributed by atoms with E-state index in [0.29, 0.717) is 27.4 Å². The molecule has 136 valence electrons. The number of carbonyl (C=O) groups excluding carboxylic acids is 1. The highest BCUT2D eigenvalue weighted by Crippen LogP contribution is 2.30. The van der Waals surface area contributed by atoms with E-state index in [1.165, 1.54) is 23.5 Å². The maximum absolute atomic E-state index is 12.5. The normalized spacial score (nSPS) is 12.7. The maximum Gasteiger partial charge on any atom is 0.237 e. The second kappa shape index (κ2) is 7.53. The number of nitrogen functional groups attached to an aromatic ring is 1. The smallest absolute Gasteiger partial charge is 0.237 e. The summed E-state index contributed by atoms with van der Waals surface area (Å²) in [5, 5.41) is 11.6. The van der Waals surface area contributed by atoms with Gasteiger partial charge in [-0.25, -0.2) is 4.68 Å². The molecule has 1 heterocycles. The standard InChI is InChI=1S/C16H22ClN5O2S/c1-9(25-15-21-20-14(22(15)18)16(2,3)4)13(23)19-11-8-10(17)6-7-12(11)24-5/h6-9H,18H2,1-5H3,(H,19,23). The molecule has 1 aromatic carbocycles. The molecular formula is C16H22ClN5O2S. The van der Waals surface area contributed by atoms with Crippen molar-refractivity contribution in [2.45, 2.75) is 43.5 Å². The van der Waals surface area contributed by atoms with Crippen LogP contribution in [-0.4, -0.2) is 33.1 Å². The Morgan fingerprint density at radius 1 is 1.40 bits per heavy atom. The summed E-state index contributed by atoms with van der Waals surface area (Å²) in [5.74, 6) is 7.03. The summed E-state index contributed by atoms with van der Waals surface area (Å²) in [6.07, 6.45) is 0. The third-order valence-electron chi connectivity index (χ3n) is 3.41. The van der Waals surface area contributed by atoms with Crippen LogP contribution in [0.25, 0.3) is 0 Å². The first kappa shape index (κ1) is 19.4. The highest BCUT2D eigenvalue weighted by molar-refractivity contribution is 8.00. The first-order valence-electron chi connectivity index (χ1n) is 7.65.